The van der Waals surface area contributed by atoms with E-state index in [2.05, 4.69) is 43.0 Å². The molecule has 1 fully saturated rings. The van der Waals surface area contributed by atoms with Gasteiger partial charge in [-0.2, -0.15) is 0 Å². The molecule has 1 saturated carbocycles. The summed E-state index contributed by atoms with van der Waals surface area (Å²) < 4.78 is 0. The van der Waals surface area contributed by atoms with Crippen molar-refractivity contribution in [1.82, 2.24) is 0 Å². The van der Waals surface area contributed by atoms with Gasteiger partial charge in [0.25, 0.3) is 0 Å². The van der Waals surface area contributed by atoms with Gasteiger partial charge in [0.2, 0.25) is 0 Å². The van der Waals surface area contributed by atoms with Crippen LogP contribution in [0.4, 0.5) is 5.69 Å². The van der Waals surface area contributed by atoms with Crippen molar-refractivity contribution in [2.75, 3.05) is 11.4 Å². The van der Waals surface area contributed by atoms with Crippen LogP contribution in [0, 0.1) is 12.8 Å². The second-order valence-corrected chi connectivity index (χ2v) is 6.00. The number of nitrogens with zero attached hydrogens (tertiary/aromatic N) is 1. The van der Waals surface area contributed by atoms with Crippen LogP contribution in [0.15, 0.2) is 24.3 Å². The van der Waals surface area contributed by atoms with Gasteiger partial charge in [0.1, 0.15) is 0 Å². The monoisotopic (exact) mass is 275 g/mol. The third kappa shape index (κ3) is 3.75. The predicted octanol–water partition coefficient (Wildman–Crippen LogP) is 3.85. The van der Waals surface area contributed by atoms with Gasteiger partial charge in [0, 0.05) is 18.3 Å². The maximum absolute atomic E-state index is 10.9. The summed E-state index contributed by atoms with van der Waals surface area (Å²) in [4.78, 5) is 13.2. The molecular weight excluding hydrogens is 250 g/mol. The molecule has 1 aromatic carbocycles. The fraction of sp³-hybridized carbons (Fsp3) is 0.588. The van der Waals surface area contributed by atoms with E-state index in [4.69, 9.17) is 5.11 Å². The molecule has 0 spiro atoms. The van der Waals surface area contributed by atoms with Gasteiger partial charge < -0.3 is 10.0 Å². The molecule has 2 rings (SSSR count). The maximum Gasteiger partial charge on any atom is 0.305 e. The second kappa shape index (κ2) is 6.78. The molecule has 1 aliphatic carbocycles. The quantitative estimate of drug-likeness (QED) is 0.887. The van der Waals surface area contributed by atoms with Gasteiger partial charge in [-0.15, -0.1) is 0 Å². The molecule has 3 heteroatoms. The summed E-state index contributed by atoms with van der Waals surface area (Å²) in [5.41, 5.74) is 2.40. The number of anilines is 1. The van der Waals surface area contributed by atoms with Crippen LogP contribution in [0.5, 0.6) is 0 Å². The fourth-order valence-corrected chi connectivity index (χ4v) is 3.20. The zero-order valence-electron chi connectivity index (χ0n) is 12.5. The van der Waals surface area contributed by atoms with Crippen molar-refractivity contribution < 1.29 is 9.90 Å². The highest BCUT2D eigenvalue weighted by Gasteiger charge is 2.27. The van der Waals surface area contributed by atoms with Gasteiger partial charge in [0.15, 0.2) is 0 Å². The Morgan fingerprint density at radius 3 is 2.50 bits per heavy atom. The van der Waals surface area contributed by atoms with Gasteiger partial charge in [-0.25, -0.2) is 0 Å². The molecule has 0 aliphatic heterocycles. The Bertz CT molecular complexity index is 441. The molecule has 1 aliphatic rings. The van der Waals surface area contributed by atoms with Crippen molar-refractivity contribution >= 4 is 11.7 Å². The van der Waals surface area contributed by atoms with E-state index in [0.29, 0.717) is 18.5 Å². The Kier molecular flexibility index (Phi) is 5.05. The molecule has 3 nitrogen and oxygen atoms in total. The summed E-state index contributed by atoms with van der Waals surface area (Å²) in [7, 11) is 0. The second-order valence-electron chi connectivity index (χ2n) is 6.00. The number of benzene rings is 1. The minimum absolute atomic E-state index is 0.205. The molecular formula is C17H25NO2. The lowest BCUT2D eigenvalue weighted by molar-refractivity contribution is -0.136. The van der Waals surface area contributed by atoms with Gasteiger partial charge in [-0.1, -0.05) is 37.5 Å². The van der Waals surface area contributed by atoms with Gasteiger partial charge >= 0.3 is 5.97 Å². The van der Waals surface area contributed by atoms with Crippen LogP contribution < -0.4 is 4.90 Å². The largest absolute Gasteiger partial charge is 0.481 e. The SMILES string of the molecule is Cc1ccc(N(CCC(=O)O)C2CCCCC2C)cc1. The summed E-state index contributed by atoms with van der Waals surface area (Å²) in [5, 5.41) is 8.99. The van der Waals surface area contributed by atoms with Gasteiger partial charge in [-0.3, -0.25) is 4.79 Å². The molecule has 0 aromatic heterocycles. The maximum atomic E-state index is 10.9. The van der Waals surface area contributed by atoms with Crippen LogP contribution in [0.3, 0.4) is 0 Å². The highest BCUT2D eigenvalue weighted by atomic mass is 16.4. The molecule has 110 valence electrons. The Labute approximate surface area is 121 Å². The average Bonchev–Trinajstić information content (AvgIpc) is 2.42. The van der Waals surface area contributed by atoms with Crippen LogP contribution in [-0.2, 0) is 4.79 Å². The van der Waals surface area contributed by atoms with Crippen molar-refractivity contribution in [3.63, 3.8) is 0 Å². The standard InChI is InChI=1S/C17H25NO2/c1-13-7-9-15(10-8-13)18(12-11-17(19)20)16-6-4-3-5-14(16)2/h7-10,14,16H,3-6,11-12H2,1-2H3,(H,19,20). The first-order valence-corrected chi connectivity index (χ1v) is 7.63. The molecule has 2 unspecified atom stereocenters. The summed E-state index contributed by atoms with van der Waals surface area (Å²) in [6.07, 6.45) is 5.19. The van der Waals surface area contributed by atoms with Crippen molar-refractivity contribution in [2.45, 2.75) is 52.0 Å². The van der Waals surface area contributed by atoms with Crippen LogP contribution in [-0.4, -0.2) is 23.7 Å². The van der Waals surface area contributed by atoms with Crippen molar-refractivity contribution in [2.24, 2.45) is 5.92 Å². The number of hydrogen-bond acceptors (Lipinski definition) is 2. The molecule has 20 heavy (non-hydrogen) atoms. The Balaban J connectivity index is 2.18. The molecule has 0 heterocycles. The number of carboxylic acid groups (broad SMARTS) is 1. The third-order valence-electron chi connectivity index (χ3n) is 4.40. The average molecular weight is 275 g/mol. The van der Waals surface area contributed by atoms with E-state index in [9.17, 15) is 4.79 Å². The van der Waals surface area contributed by atoms with Crippen LogP contribution in [0.2, 0.25) is 0 Å². The molecule has 0 saturated heterocycles. The number of rotatable bonds is 5. The lowest BCUT2D eigenvalue weighted by atomic mass is 9.84. The third-order valence-corrected chi connectivity index (χ3v) is 4.40. The molecule has 0 amide bonds. The Hall–Kier alpha value is -1.51. The number of aliphatic carboxylic acids is 1. The predicted molar refractivity (Wildman–Crippen MR) is 82.2 cm³/mol. The number of carboxylic acids is 1. The van der Waals surface area contributed by atoms with Crippen molar-refractivity contribution in [1.29, 1.82) is 0 Å². The smallest absolute Gasteiger partial charge is 0.305 e. The number of aryl methyl sites for hydroxylation is 1. The minimum Gasteiger partial charge on any atom is -0.481 e. The van der Waals surface area contributed by atoms with Crippen LogP contribution in [0.1, 0.15) is 44.6 Å². The van der Waals surface area contributed by atoms with E-state index in [1.165, 1.54) is 31.2 Å². The Morgan fingerprint density at radius 1 is 1.25 bits per heavy atom. The lowest BCUT2D eigenvalue weighted by Gasteiger charge is -2.40. The first kappa shape index (κ1) is 14.9. The van der Waals surface area contributed by atoms with Crippen LogP contribution in [0.25, 0.3) is 0 Å². The molecule has 1 aromatic rings. The lowest BCUT2D eigenvalue weighted by Crippen LogP contribution is -2.42. The van der Waals surface area contributed by atoms with E-state index >= 15 is 0 Å². The Morgan fingerprint density at radius 2 is 1.90 bits per heavy atom. The zero-order chi connectivity index (χ0) is 14.5. The molecule has 0 bridgehead atoms. The summed E-state index contributed by atoms with van der Waals surface area (Å²) in [6.45, 7) is 4.98. The summed E-state index contributed by atoms with van der Waals surface area (Å²) in [6, 6.07) is 8.94. The molecule has 2 atom stereocenters. The fourth-order valence-electron chi connectivity index (χ4n) is 3.20. The first-order chi connectivity index (χ1) is 9.58. The van der Waals surface area contributed by atoms with Crippen molar-refractivity contribution in [3.05, 3.63) is 29.8 Å². The topological polar surface area (TPSA) is 40.5 Å². The van der Waals surface area contributed by atoms with Crippen LogP contribution >= 0.6 is 0 Å². The molecule has 1 N–H and O–H groups in total. The zero-order valence-corrected chi connectivity index (χ0v) is 12.5. The van der Waals surface area contributed by atoms with E-state index in [0.717, 1.165) is 5.69 Å². The first-order valence-electron chi connectivity index (χ1n) is 7.63. The van der Waals surface area contributed by atoms with E-state index in [1.54, 1.807) is 0 Å². The highest BCUT2D eigenvalue weighted by molar-refractivity contribution is 5.67. The number of carbonyl (C=O) groups is 1. The van der Waals surface area contributed by atoms with E-state index in [1.807, 2.05) is 0 Å². The highest BCUT2D eigenvalue weighted by Crippen LogP contribution is 2.31. The normalized spacial score (nSPS) is 22.5. The number of hydrogen-bond donors (Lipinski definition) is 1. The van der Waals surface area contributed by atoms with Crippen molar-refractivity contribution in [3.8, 4) is 0 Å². The summed E-state index contributed by atoms with van der Waals surface area (Å²) in [5.74, 6) is -0.0792. The van der Waals surface area contributed by atoms with Gasteiger partial charge in [-0.05, 0) is 37.8 Å². The molecule has 0 radical (unpaired) electrons. The van der Waals surface area contributed by atoms with E-state index in [-0.39, 0.29) is 6.42 Å². The summed E-state index contributed by atoms with van der Waals surface area (Å²) >= 11 is 0. The van der Waals surface area contributed by atoms with E-state index < -0.39 is 5.97 Å². The van der Waals surface area contributed by atoms with Gasteiger partial charge in [0.05, 0.1) is 6.42 Å². The minimum atomic E-state index is -0.717.